The normalized spacial score (nSPS) is 13.6. The highest BCUT2D eigenvalue weighted by atomic mass is 16.6. The maximum absolute atomic E-state index is 11.7. The molecule has 0 aromatic heterocycles. The summed E-state index contributed by atoms with van der Waals surface area (Å²) < 4.78 is 10.1. The van der Waals surface area contributed by atoms with Gasteiger partial charge >= 0.3 is 11.9 Å². The number of ether oxygens (including phenoxy) is 2. The first kappa shape index (κ1) is 13.2. The van der Waals surface area contributed by atoms with Crippen LogP contribution in [0.2, 0.25) is 0 Å². The molecule has 17 heavy (non-hydrogen) atoms. The minimum Gasteiger partial charge on any atom is -0.459 e. The Hall–Kier alpha value is -1.84. The first-order valence-electron chi connectivity index (χ1n) is 5.44. The molecule has 0 saturated carbocycles. The minimum atomic E-state index is -0.480. The van der Waals surface area contributed by atoms with Gasteiger partial charge in [-0.2, -0.15) is 0 Å². The number of rotatable bonds is 4. The molecule has 1 aromatic carbocycles. The van der Waals surface area contributed by atoms with Gasteiger partial charge < -0.3 is 9.47 Å². The predicted octanol–water partition coefficient (Wildman–Crippen LogP) is 2.18. The van der Waals surface area contributed by atoms with E-state index in [1.54, 1.807) is 38.1 Å². The summed E-state index contributed by atoms with van der Waals surface area (Å²) >= 11 is 0. The van der Waals surface area contributed by atoms with Crippen molar-refractivity contribution in [2.24, 2.45) is 0 Å². The molecule has 0 bridgehead atoms. The second kappa shape index (κ2) is 6.03. The van der Waals surface area contributed by atoms with E-state index in [9.17, 15) is 9.59 Å². The average molecular weight is 236 g/mol. The van der Waals surface area contributed by atoms with Crippen LogP contribution in [0.1, 0.15) is 31.1 Å². The molecule has 0 heterocycles. The van der Waals surface area contributed by atoms with E-state index in [-0.39, 0.29) is 5.97 Å². The maximum Gasteiger partial charge on any atom is 0.338 e. The van der Waals surface area contributed by atoms with Crippen LogP contribution >= 0.6 is 0 Å². The molecule has 92 valence electrons. The molecule has 0 radical (unpaired) electrons. The van der Waals surface area contributed by atoms with Crippen LogP contribution in [0.3, 0.4) is 0 Å². The van der Waals surface area contributed by atoms with Crippen molar-refractivity contribution in [3.8, 4) is 0 Å². The van der Waals surface area contributed by atoms with Crippen LogP contribution in [-0.4, -0.2) is 24.1 Å². The predicted molar refractivity (Wildman–Crippen MR) is 62.5 cm³/mol. The summed E-state index contributed by atoms with van der Waals surface area (Å²) in [5.74, 6) is -0.808. The molecule has 0 aliphatic heterocycles. The van der Waals surface area contributed by atoms with Crippen LogP contribution in [0.25, 0.3) is 0 Å². The summed E-state index contributed by atoms with van der Waals surface area (Å²) in [6.45, 7) is 4.70. The van der Waals surface area contributed by atoms with E-state index >= 15 is 0 Å². The summed E-state index contributed by atoms with van der Waals surface area (Å²) in [5, 5.41) is 0. The van der Waals surface area contributed by atoms with Crippen molar-refractivity contribution in [2.75, 3.05) is 0 Å². The van der Waals surface area contributed by atoms with Crippen LogP contribution < -0.4 is 0 Å². The van der Waals surface area contributed by atoms with Gasteiger partial charge in [-0.25, -0.2) is 4.79 Å². The third kappa shape index (κ3) is 4.26. The summed E-state index contributed by atoms with van der Waals surface area (Å²) in [4.78, 5) is 22.4. The Kier molecular flexibility index (Phi) is 4.69. The number of benzene rings is 1. The lowest BCUT2D eigenvalue weighted by Gasteiger charge is -2.20. The Morgan fingerprint density at radius 1 is 1.00 bits per heavy atom. The van der Waals surface area contributed by atoms with E-state index in [1.807, 2.05) is 6.07 Å². The molecular formula is C13H16O4. The lowest BCUT2D eigenvalue weighted by atomic mass is 10.2. The first-order valence-corrected chi connectivity index (χ1v) is 5.44. The number of carbonyl (C=O) groups is 2. The molecule has 0 spiro atoms. The Bertz CT molecular complexity index is 386. The second-order valence-electron chi connectivity index (χ2n) is 3.79. The van der Waals surface area contributed by atoms with E-state index in [0.29, 0.717) is 5.56 Å². The summed E-state index contributed by atoms with van der Waals surface area (Å²) in [7, 11) is 0. The Labute approximate surface area is 101 Å². The van der Waals surface area contributed by atoms with Crippen LogP contribution in [0.4, 0.5) is 0 Å². The maximum atomic E-state index is 11.7. The average Bonchev–Trinajstić information content (AvgIpc) is 2.29. The highest BCUT2D eigenvalue weighted by Crippen LogP contribution is 2.08. The molecule has 2 unspecified atom stereocenters. The van der Waals surface area contributed by atoms with Gasteiger partial charge in [-0.05, 0) is 26.0 Å². The molecule has 0 aliphatic carbocycles. The van der Waals surface area contributed by atoms with Gasteiger partial charge in [0, 0.05) is 6.92 Å². The molecule has 2 atom stereocenters. The highest BCUT2D eigenvalue weighted by Gasteiger charge is 2.19. The summed E-state index contributed by atoms with van der Waals surface area (Å²) in [6, 6.07) is 8.69. The molecule has 0 aliphatic rings. The quantitative estimate of drug-likeness (QED) is 0.752. The standard InChI is InChI=1S/C13H16O4/c1-9(16-11(3)14)10(2)17-13(15)12-7-5-4-6-8-12/h4-10H,1-3H3. The molecule has 1 rings (SSSR count). The molecule has 0 N–H and O–H groups in total. The number of hydrogen-bond acceptors (Lipinski definition) is 4. The van der Waals surface area contributed by atoms with E-state index in [4.69, 9.17) is 9.47 Å². The zero-order valence-electron chi connectivity index (χ0n) is 10.2. The third-order valence-corrected chi connectivity index (χ3v) is 2.32. The Balaban J connectivity index is 2.54. The van der Waals surface area contributed by atoms with E-state index in [0.717, 1.165) is 0 Å². The van der Waals surface area contributed by atoms with Crippen LogP contribution in [-0.2, 0) is 14.3 Å². The molecular weight excluding hydrogens is 220 g/mol. The minimum absolute atomic E-state index is 0.389. The van der Waals surface area contributed by atoms with Gasteiger partial charge in [-0.3, -0.25) is 4.79 Å². The number of esters is 2. The van der Waals surface area contributed by atoms with Crippen molar-refractivity contribution < 1.29 is 19.1 Å². The van der Waals surface area contributed by atoms with Crippen molar-refractivity contribution in [3.05, 3.63) is 35.9 Å². The van der Waals surface area contributed by atoms with Crippen LogP contribution in [0.15, 0.2) is 30.3 Å². The van der Waals surface area contributed by atoms with Crippen molar-refractivity contribution >= 4 is 11.9 Å². The van der Waals surface area contributed by atoms with E-state index < -0.39 is 18.2 Å². The van der Waals surface area contributed by atoms with Gasteiger partial charge in [0.15, 0.2) is 0 Å². The SMILES string of the molecule is CC(=O)OC(C)C(C)OC(=O)c1ccccc1. The zero-order chi connectivity index (χ0) is 12.8. The van der Waals surface area contributed by atoms with E-state index in [1.165, 1.54) is 6.92 Å². The van der Waals surface area contributed by atoms with Crippen LogP contribution in [0.5, 0.6) is 0 Å². The smallest absolute Gasteiger partial charge is 0.338 e. The van der Waals surface area contributed by atoms with Crippen LogP contribution in [0, 0.1) is 0 Å². The summed E-state index contributed by atoms with van der Waals surface area (Å²) in [6.07, 6.45) is -0.938. The van der Waals surface area contributed by atoms with E-state index in [2.05, 4.69) is 0 Å². The third-order valence-electron chi connectivity index (χ3n) is 2.32. The molecule has 0 saturated heterocycles. The fourth-order valence-electron chi connectivity index (χ4n) is 1.26. The fraction of sp³-hybridized carbons (Fsp3) is 0.385. The fourth-order valence-corrected chi connectivity index (χ4v) is 1.26. The highest BCUT2D eigenvalue weighted by molar-refractivity contribution is 5.89. The van der Waals surface area contributed by atoms with Gasteiger partial charge in [0.25, 0.3) is 0 Å². The molecule has 0 amide bonds. The second-order valence-corrected chi connectivity index (χ2v) is 3.79. The first-order chi connectivity index (χ1) is 8.00. The lowest BCUT2D eigenvalue weighted by Crippen LogP contribution is -2.30. The lowest BCUT2D eigenvalue weighted by molar-refractivity contribution is -0.150. The van der Waals surface area contributed by atoms with Gasteiger partial charge in [-0.15, -0.1) is 0 Å². The Morgan fingerprint density at radius 3 is 2.06 bits per heavy atom. The molecule has 4 heteroatoms. The number of hydrogen-bond donors (Lipinski definition) is 0. The van der Waals surface area contributed by atoms with Crippen molar-refractivity contribution in [2.45, 2.75) is 33.0 Å². The van der Waals surface area contributed by atoms with Gasteiger partial charge in [-0.1, -0.05) is 18.2 Å². The van der Waals surface area contributed by atoms with Gasteiger partial charge in [0.1, 0.15) is 12.2 Å². The summed E-state index contributed by atoms with van der Waals surface area (Å²) in [5.41, 5.74) is 0.481. The Morgan fingerprint density at radius 2 is 1.53 bits per heavy atom. The van der Waals surface area contributed by atoms with Crippen molar-refractivity contribution in [1.82, 2.24) is 0 Å². The monoisotopic (exact) mass is 236 g/mol. The number of carbonyl (C=O) groups excluding carboxylic acids is 2. The molecule has 4 nitrogen and oxygen atoms in total. The van der Waals surface area contributed by atoms with Crippen molar-refractivity contribution in [1.29, 1.82) is 0 Å². The molecule has 1 aromatic rings. The zero-order valence-corrected chi connectivity index (χ0v) is 10.2. The van der Waals surface area contributed by atoms with Gasteiger partial charge in [0.05, 0.1) is 5.56 Å². The van der Waals surface area contributed by atoms with Crippen molar-refractivity contribution in [3.63, 3.8) is 0 Å². The topological polar surface area (TPSA) is 52.6 Å². The van der Waals surface area contributed by atoms with Gasteiger partial charge in [0.2, 0.25) is 0 Å². The molecule has 0 fully saturated rings. The largest absolute Gasteiger partial charge is 0.459 e.